The molecule has 1 aliphatic rings. The summed E-state index contributed by atoms with van der Waals surface area (Å²) in [6.07, 6.45) is 9.18. The predicted octanol–water partition coefficient (Wildman–Crippen LogP) is 2.91. The Morgan fingerprint density at radius 2 is 1.67 bits per heavy atom. The van der Waals surface area contributed by atoms with Gasteiger partial charge < -0.3 is 15.9 Å². The minimum Gasteiger partial charge on any atom is -0.390 e. The van der Waals surface area contributed by atoms with E-state index >= 15 is 0 Å². The molecule has 1 fully saturated rings. The van der Waals surface area contributed by atoms with E-state index in [9.17, 15) is 5.11 Å². The lowest BCUT2D eigenvalue weighted by molar-refractivity contribution is 0.0167. The van der Waals surface area contributed by atoms with Crippen LogP contribution in [0.3, 0.4) is 0 Å². The topological polar surface area (TPSA) is 66.5 Å². The van der Waals surface area contributed by atoms with Gasteiger partial charge in [-0.1, -0.05) is 49.9 Å². The molecule has 0 bridgehead atoms. The van der Waals surface area contributed by atoms with Gasteiger partial charge in [0.15, 0.2) is 0 Å². The average Bonchev–Trinajstić information content (AvgIpc) is 2.69. The molecule has 1 aliphatic carbocycles. The summed E-state index contributed by atoms with van der Waals surface area (Å²) in [5.74, 6) is 0. The zero-order valence-corrected chi connectivity index (χ0v) is 12.9. The molecule has 0 aromatic heterocycles. The average molecular weight is 291 g/mol. The maximum Gasteiger partial charge on any atom is 0.102 e. The number of aliphatic hydroxyl groups is 2. The van der Waals surface area contributed by atoms with Crippen molar-refractivity contribution < 1.29 is 10.2 Å². The van der Waals surface area contributed by atoms with E-state index in [2.05, 4.69) is 24.3 Å². The summed E-state index contributed by atoms with van der Waals surface area (Å²) in [6.45, 7) is 0. The second-order valence-electron chi connectivity index (χ2n) is 6.56. The number of aliphatic hydroxyl groups excluding tert-OH is 1. The van der Waals surface area contributed by atoms with Gasteiger partial charge in [-0.25, -0.2) is 0 Å². The Balaban J connectivity index is 1.88. The van der Waals surface area contributed by atoms with Crippen LogP contribution in [0.2, 0.25) is 0 Å². The maximum absolute atomic E-state index is 10.7. The normalized spacial score (nSPS) is 20.0. The van der Waals surface area contributed by atoms with Crippen LogP contribution in [0.1, 0.15) is 62.5 Å². The Bertz CT molecular complexity index is 423. The number of hydrogen-bond acceptors (Lipinski definition) is 3. The molecule has 0 aliphatic heterocycles. The van der Waals surface area contributed by atoms with E-state index < -0.39 is 11.8 Å². The molecular weight excluding hydrogens is 262 g/mol. The summed E-state index contributed by atoms with van der Waals surface area (Å²) in [4.78, 5) is 0. The van der Waals surface area contributed by atoms with Crippen LogP contribution in [0.5, 0.6) is 0 Å². The molecule has 3 heteroatoms. The van der Waals surface area contributed by atoms with E-state index in [-0.39, 0.29) is 0 Å². The third-order valence-corrected chi connectivity index (χ3v) is 4.63. The molecule has 0 saturated heterocycles. The molecule has 0 spiro atoms. The van der Waals surface area contributed by atoms with E-state index in [1.54, 1.807) is 0 Å². The first-order valence-corrected chi connectivity index (χ1v) is 8.31. The molecule has 1 aromatic rings. The Kier molecular flexibility index (Phi) is 6.22. The highest BCUT2D eigenvalue weighted by atomic mass is 16.3. The largest absolute Gasteiger partial charge is 0.390 e. The van der Waals surface area contributed by atoms with Crippen molar-refractivity contribution in [2.24, 2.45) is 5.73 Å². The van der Waals surface area contributed by atoms with Gasteiger partial charge in [0.05, 0.1) is 5.60 Å². The van der Waals surface area contributed by atoms with Crippen molar-refractivity contribution in [3.8, 4) is 0 Å². The van der Waals surface area contributed by atoms with Crippen LogP contribution in [0.25, 0.3) is 0 Å². The molecule has 21 heavy (non-hydrogen) atoms. The van der Waals surface area contributed by atoms with Crippen molar-refractivity contribution in [3.63, 3.8) is 0 Å². The minimum absolute atomic E-state index is 0.458. The summed E-state index contributed by atoms with van der Waals surface area (Å²) in [6, 6.07) is 8.45. The monoisotopic (exact) mass is 291 g/mol. The third kappa shape index (κ3) is 5.77. The van der Waals surface area contributed by atoms with Crippen molar-refractivity contribution in [1.29, 1.82) is 0 Å². The highest BCUT2D eigenvalue weighted by molar-refractivity contribution is 5.24. The standard InChI is InChI=1S/C18H29NO2/c19-17(20)9-8-15-6-5-7-16(14-15)10-13-18(21)11-3-1-2-4-12-18/h5-7,14,17,20-21H,1-4,8-13,19H2. The highest BCUT2D eigenvalue weighted by Crippen LogP contribution is 2.31. The molecule has 0 amide bonds. The number of benzene rings is 1. The molecular formula is C18H29NO2. The van der Waals surface area contributed by atoms with Crippen LogP contribution in [-0.4, -0.2) is 22.0 Å². The second-order valence-corrected chi connectivity index (χ2v) is 6.56. The third-order valence-electron chi connectivity index (χ3n) is 4.63. The quantitative estimate of drug-likeness (QED) is 0.557. The first kappa shape index (κ1) is 16.5. The van der Waals surface area contributed by atoms with Gasteiger partial charge in [-0.15, -0.1) is 0 Å². The van der Waals surface area contributed by atoms with E-state index in [4.69, 9.17) is 10.8 Å². The fourth-order valence-corrected chi connectivity index (χ4v) is 3.27. The van der Waals surface area contributed by atoms with E-state index in [1.165, 1.54) is 24.0 Å². The van der Waals surface area contributed by atoms with Crippen LogP contribution in [0.4, 0.5) is 0 Å². The Morgan fingerprint density at radius 3 is 2.29 bits per heavy atom. The molecule has 0 radical (unpaired) electrons. The number of hydrogen-bond donors (Lipinski definition) is 3. The fourth-order valence-electron chi connectivity index (χ4n) is 3.27. The molecule has 1 saturated carbocycles. The number of nitrogens with two attached hydrogens (primary N) is 1. The zero-order chi connectivity index (χ0) is 15.1. The molecule has 2 rings (SSSR count). The summed E-state index contributed by atoms with van der Waals surface area (Å²) in [5.41, 5.74) is 7.42. The lowest BCUT2D eigenvalue weighted by Gasteiger charge is -2.26. The predicted molar refractivity (Wildman–Crippen MR) is 85.9 cm³/mol. The van der Waals surface area contributed by atoms with Gasteiger partial charge in [-0.3, -0.25) is 0 Å². The Morgan fingerprint density at radius 1 is 1.05 bits per heavy atom. The van der Waals surface area contributed by atoms with Crippen molar-refractivity contribution in [2.45, 2.75) is 76.0 Å². The smallest absolute Gasteiger partial charge is 0.102 e. The lowest BCUT2D eigenvalue weighted by Crippen LogP contribution is -2.28. The highest BCUT2D eigenvalue weighted by Gasteiger charge is 2.27. The first-order chi connectivity index (χ1) is 10.1. The molecule has 1 atom stereocenters. The Hall–Kier alpha value is -0.900. The fraction of sp³-hybridized carbons (Fsp3) is 0.667. The van der Waals surface area contributed by atoms with Gasteiger partial charge in [0.2, 0.25) is 0 Å². The Labute approximate surface area is 128 Å². The first-order valence-electron chi connectivity index (χ1n) is 8.31. The molecule has 1 aromatic carbocycles. The minimum atomic E-state index is -0.736. The van der Waals surface area contributed by atoms with Crippen molar-refractivity contribution in [1.82, 2.24) is 0 Å². The van der Waals surface area contributed by atoms with Gasteiger partial charge in [-0.2, -0.15) is 0 Å². The molecule has 1 unspecified atom stereocenters. The summed E-state index contributed by atoms with van der Waals surface area (Å²) in [7, 11) is 0. The van der Waals surface area contributed by atoms with Crippen LogP contribution < -0.4 is 5.73 Å². The van der Waals surface area contributed by atoms with Crippen molar-refractivity contribution >= 4 is 0 Å². The number of aryl methyl sites for hydroxylation is 2. The molecule has 118 valence electrons. The molecule has 3 nitrogen and oxygen atoms in total. The van der Waals surface area contributed by atoms with Crippen LogP contribution in [0.15, 0.2) is 24.3 Å². The SMILES string of the molecule is NC(O)CCc1cccc(CCC2(O)CCCCCC2)c1. The van der Waals surface area contributed by atoms with E-state index in [1.807, 2.05) is 0 Å². The van der Waals surface area contributed by atoms with E-state index in [0.29, 0.717) is 6.42 Å². The van der Waals surface area contributed by atoms with Crippen LogP contribution in [-0.2, 0) is 12.8 Å². The van der Waals surface area contributed by atoms with Gasteiger partial charge in [0.25, 0.3) is 0 Å². The number of rotatable bonds is 6. The molecule has 0 heterocycles. The lowest BCUT2D eigenvalue weighted by atomic mass is 9.87. The summed E-state index contributed by atoms with van der Waals surface area (Å²) < 4.78 is 0. The van der Waals surface area contributed by atoms with Gasteiger partial charge in [-0.05, 0) is 49.7 Å². The van der Waals surface area contributed by atoms with Crippen molar-refractivity contribution in [2.75, 3.05) is 0 Å². The van der Waals surface area contributed by atoms with Crippen molar-refractivity contribution in [3.05, 3.63) is 35.4 Å². The second kappa shape index (κ2) is 7.92. The zero-order valence-electron chi connectivity index (χ0n) is 12.9. The van der Waals surface area contributed by atoms with Gasteiger partial charge in [0, 0.05) is 0 Å². The summed E-state index contributed by atoms with van der Waals surface area (Å²) >= 11 is 0. The summed E-state index contributed by atoms with van der Waals surface area (Å²) in [5, 5.41) is 19.9. The van der Waals surface area contributed by atoms with E-state index in [0.717, 1.165) is 44.9 Å². The van der Waals surface area contributed by atoms with Gasteiger partial charge in [0.1, 0.15) is 6.23 Å². The van der Waals surface area contributed by atoms with Gasteiger partial charge >= 0.3 is 0 Å². The molecule has 4 N–H and O–H groups in total. The van der Waals surface area contributed by atoms with Crippen LogP contribution >= 0.6 is 0 Å². The maximum atomic E-state index is 10.7. The van der Waals surface area contributed by atoms with Crippen LogP contribution in [0, 0.1) is 0 Å².